The molecule has 1 aromatic carbocycles. The van der Waals surface area contributed by atoms with E-state index in [9.17, 15) is 4.79 Å². The van der Waals surface area contributed by atoms with Crippen molar-refractivity contribution in [3.05, 3.63) is 84.2 Å². The molecule has 7 heteroatoms. The normalized spacial score (nSPS) is 10.7. The minimum Gasteiger partial charge on any atom is -0.364 e. The maximum Gasteiger partial charge on any atom is 0.270 e. The van der Waals surface area contributed by atoms with Crippen molar-refractivity contribution in [1.29, 1.82) is 0 Å². The third kappa shape index (κ3) is 4.15. The number of carbonyl (C=O) groups is 1. The molecule has 4 rings (SSSR count). The van der Waals surface area contributed by atoms with Crippen molar-refractivity contribution >= 4 is 22.6 Å². The Labute approximate surface area is 162 Å². The number of amides is 1. The number of hydrogen-bond donors (Lipinski definition) is 3. The first-order valence-corrected chi connectivity index (χ1v) is 9.08. The van der Waals surface area contributed by atoms with E-state index in [2.05, 4.69) is 36.6 Å². The third-order valence-electron chi connectivity index (χ3n) is 4.43. The summed E-state index contributed by atoms with van der Waals surface area (Å²) < 4.78 is 0. The van der Waals surface area contributed by atoms with Crippen LogP contribution in [0, 0.1) is 0 Å². The Bertz CT molecular complexity index is 1080. The second kappa shape index (κ2) is 8.30. The fraction of sp³-hybridized carbons (Fsp3) is 0.143. The van der Waals surface area contributed by atoms with Crippen LogP contribution in [-0.4, -0.2) is 32.4 Å². The molecule has 0 radical (unpaired) electrons. The van der Waals surface area contributed by atoms with Gasteiger partial charge in [0, 0.05) is 35.9 Å². The Morgan fingerprint density at radius 2 is 1.93 bits per heavy atom. The summed E-state index contributed by atoms with van der Waals surface area (Å²) in [5.41, 5.74) is 3.50. The van der Waals surface area contributed by atoms with E-state index in [0.717, 1.165) is 17.6 Å². The Morgan fingerprint density at radius 1 is 1.04 bits per heavy atom. The number of rotatable bonds is 7. The fourth-order valence-electron chi connectivity index (χ4n) is 3.00. The maximum absolute atomic E-state index is 12.4. The maximum atomic E-state index is 12.4. The van der Waals surface area contributed by atoms with Gasteiger partial charge >= 0.3 is 0 Å². The highest BCUT2D eigenvalue weighted by molar-refractivity contribution is 5.92. The molecular formula is C21H20N6O. The smallest absolute Gasteiger partial charge is 0.270 e. The average molecular weight is 372 g/mol. The lowest BCUT2D eigenvalue weighted by Gasteiger charge is -2.07. The van der Waals surface area contributed by atoms with Crippen LogP contribution in [0.1, 0.15) is 21.7 Å². The molecule has 0 saturated heterocycles. The van der Waals surface area contributed by atoms with Crippen molar-refractivity contribution in [2.45, 2.75) is 13.0 Å². The van der Waals surface area contributed by atoms with Gasteiger partial charge in [0.1, 0.15) is 17.8 Å². The van der Waals surface area contributed by atoms with Crippen LogP contribution in [-0.2, 0) is 13.0 Å². The highest BCUT2D eigenvalue weighted by Gasteiger charge is 2.09. The molecule has 7 nitrogen and oxygen atoms in total. The number of aromatic nitrogens is 4. The molecule has 1 amide bonds. The molecule has 140 valence electrons. The van der Waals surface area contributed by atoms with E-state index >= 15 is 0 Å². The summed E-state index contributed by atoms with van der Waals surface area (Å²) in [7, 11) is 0. The predicted molar refractivity (Wildman–Crippen MR) is 108 cm³/mol. The van der Waals surface area contributed by atoms with E-state index < -0.39 is 0 Å². The molecule has 0 aliphatic rings. The summed E-state index contributed by atoms with van der Waals surface area (Å²) >= 11 is 0. The van der Waals surface area contributed by atoms with Gasteiger partial charge in [-0.2, -0.15) is 0 Å². The van der Waals surface area contributed by atoms with Gasteiger partial charge in [-0.25, -0.2) is 9.97 Å². The fourth-order valence-corrected chi connectivity index (χ4v) is 3.00. The molecule has 0 spiro atoms. The topological polar surface area (TPSA) is 95.6 Å². The minimum absolute atomic E-state index is 0.219. The summed E-state index contributed by atoms with van der Waals surface area (Å²) in [6, 6.07) is 15.5. The Hall–Kier alpha value is -3.74. The van der Waals surface area contributed by atoms with Gasteiger partial charge in [0.05, 0.1) is 12.2 Å². The van der Waals surface area contributed by atoms with E-state index in [1.54, 1.807) is 12.3 Å². The third-order valence-corrected chi connectivity index (χ3v) is 4.43. The molecule has 0 fully saturated rings. The number of aromatic amines is 1. The molecule has 3 heterocycles. The largest absolute Gasteiger partial charge is 0.364 e. The number of nitrogens with zero attached hydrogens (tertiary/aromatic N) is 3. The van der Waals surface area contributed by atoms with Gasteiger partial charge in [0.2, 0.25) is 0 Å². The molecule has 4 aromatic rings. The molecule has 0 aliphatic carbocycles. The first-order valence-electron chi connectivity index (χ1n) is 9.08. The Kier molecular flexibility index (Phi) is 5.24. The average Bonchev–Trinajstić information content (AvgIpc) is 3.16. The van der Waals surface area contributed by atoms with Gasteiger partial charge in [0.25, 0.3) is 5.91 Å². The van der Waals surface area contributed by atoms with Gasteiger partial charge in [-0.3, -0.25) is 9.78 Å². The quantitative estimate of drug-likeness (QED) is 0.464. The summed E-state index contributed by atoms with van der Waals surface area (Å²) in [5.74, 6) is 0.366. The van der Waals surface area contributed by atoms with Gasteiger partial charge in [-0.15, -0.1) is 0 Å². The van der Waals surface area contributed by atoms with Crippen LogP contribution in [0.3, 0.4) is 0 Å². The van der Waals surface area contributed by atoms with Crippen molar-refractivity contribution in [1.82, 2.24) is 25.3 Å². The van der Waals surface area contributed by atoms with E-state index in [0.29, 0.717) is 24.6 Å². The van der Waals surface area contributed by atoms with Crippen molar-refractivity contribution in [2.75, 3.05) is 11.9 Å². The number of pyridine rings is 1. The van der Waals surface area contributed by atoms with Crippen LogP contribution in [0.4, 0.5) is 5.82 Å². The highest BCUT2D eigenvalue weighted by Crippen LogP contribution is 2.17. The zero-order chi connectivity index (χ0) is 19.2. The first kappa shape index (κ1) is 17.7. The van der Waals surface area contributed by atoms with Gasteiger partial charge in [-0.05, 0) is 30.2 Å². The van der Waals surface area contributed by atoms with Crippen LogP contribution in [0.2, 0.25) is 0 Å². The number of carbonyl (C=O) groups excluding carboxylic acids is 1. The summed E-state index contributed by atoms with van der Waals surface area (Å²) in [6.07, 6.45) is 5.85. The monoisotopic (exact) mass is 372 g/mol. The molecule has 0 unspecified atom stereocenters. The van der Waals surface area contributed by atoms with E-state index in [4.69, 9.17) is 0 Å². The number of hydrogen-bond acceptors (Lipinski definition) is 5. The van der Waals surface area contributed by atoms with Gasteiger partial charge in [0.15, 0.2) is 0 Å². The van der Waals surface area contributed by atoms with E-state index in [1.807, 2.05) is 42.6 Å². The van der Waals surface area contributed by atoms with Crippen LogP contribution in [0.5, 0.6) is 0 Å². The second-order valence-electron chi connectivity index (χ2n) is 6.33. The summed E-state index contributed by atoms with van der Waals surface area (Å²) in [6.45, 7) is 1.06. The molecule has 3 aromatic heterocycles. The number of benzene rings is 1. The van der Waals surface area contributed by atoms with Crippen LogP contribution < -0.4 is 10.6 Å². The number of nitrogens with one attached hydrogen (secondary N) is 3. The lowest BCUT2D eigenvalue weighted by Crippen LogP contribution is -2.26. The number of anilines is 1. The molecule has 0 atom stereocenters. The SMILES string of the molecule is O=C(NCCc1c[nH]c2ccccc12)c1cc(NCc2ccccn2)ncn1. The van der Waals surface area contributed by atoms with Crippen molar-refractivity contribution < 1.29 is 4.79 Å². The standard InChI is InChI=1S/C21H20N6O/c28-21(23-10-8-15-12-24-18-7-2-1-6-17(15)18)19-11-20(27-14-26-19)25-13-16-5-3-4-9-22-16/h1-7,9,11-12,14,24H,8,10,13H2,(H,23,28)(H,25,26,27). The van der Waals surface area contributed by atoms with Crippen LogP contribution in [0.25, 0.3) is 10.9 Å². The highest BCUT2D eigenvalue weighted by atomic mass is 16.1. The first-order chi connectivity index (χ1) is 13.8. The van der Waals surface area contributed by atoms with E-state index in [-0.39, 0.29) is 5.91 Å². The molecule has 0 saturated carbocycles. The van der Waals surface area contributed by atoms with E-state index in [1.165, 1.54) is 17.3 Å². The molecule has 0 bridgehead atoms. The number of fused-ring (bicyclic) bond motifs is 1. The van der Waals surface area contributed by atoms with Crippen LogP contribution in [0.15, 0.2) is 67.3 Å². The number of H-pyrrole nitrogens is 1. The van der Waals surface area contributed by atoms with Gasteiger partial charge < -0.3 is 15.6 Å². The predicted octanol–water partition coefficient (Wildman–Crippen LogP) is 2.94. The zero-order valence-corrected chi connectivity index (χ0v) is 15.2. The van der Waals surface area contributed by atoms with Crippen LogP contribution >= 0.6 is 0 Å². The Balaban J connectivity index is 1.33. The zero-order valence-electron chi connectivity index (χ0n) is 15.2. The van der Waals surface area contributed by atoms with Crippen molar-refractivity contribution in [2.24, 2.45) is 0 Å². The number of para-hydroxylation sites is 1. The summed E-state index contributed by atoms with van der Waals surface area (Å²) in [5, 5.41) is 7.26. The lowest BCUT2D eigenvalue weighted by atomic mass is 10.1. The van der Waals surface area contributed by atoms with Crippen molar-refractivity contribution in [3.63, 3.8) is 0 Å². The molecule has 0 aliphatic heterocycles. The minimum atomic E-state index is -0.219. The van der Waals surface area contributed by atoms with Crippen molar-refractivity contribution in [3.8, 4) is 0 Å². The molecule has 28 heavy (non-hydrogen) atoms. The molecular weight excluding hydrogens is 352 g/mol. The molecule has 3 N–H and O–H groups in total. The van der Waals surface area contributed by atoms with Gasteiger partial charge in [-0.1, -0.05) is 24.3 Å². The second-order valence-corrected chi connectivity index (χ2v) is 6.33. The lowest BCUT2D eigenvalue weighted by molar-refractivity contribution is 0.0949. The Morgan fingerprint density at radius 3 is 2.82 bits per heavy atom. The summed E-state index contributed by atoms with van der Waals surface area (Å²) in [4.78, 5) is 28.1.